The van der Waals surface area contributed by atoms with Crippen molar-refractivity contribution in [3.8, 4) is 0 Å². The van der Waals surface area contributed by atoms with Crippen molar-refractivity contribution >= 4 is 33.4 Å². The highest BCUT2D eigenvalue weighted by Crippen LogP contribution is 2.15. The quantitative estimate of drug-likeness (QED) is 0.802. The Labute approximate surface area is 103 Å². The summed E-state index contributed by atoms with van der Waals surface area (Å²) in [4.78, 5) is 17.6. The van der Waals surface area contributed by atoms with Crippen LogP contribution in [-0.2, 0) is 0 Å². The molecule has 0 aliphatic carbocycles. The summed E-state index contributed by atoms with van der Waals surface area (Å²) in [5.41, 5.74) is 0.414. The van der Waals surface area contributed by atoms with Gasteiger partial charge in [-0.2, -0.15) is 0 Å². The molecule has 15 heavy (non-hydrogen) atoms. The number of alkyl halides is 1. The smallest absolute Gasteiger partial charge is 0.273 e. The minimum atomic E-state index is -0.129. The van der Waals surface area contributed by atoms with Gasteiger partial charge in [0, 0.05) is 29.6 Å². The molecular formula is C10H12BrClN2O. The van der Waals surface area contributed by atoms with Crippen LogP contribution in [0, 0.1) is 0 Å². The van der Waals surface area contributed by atoms with Crippen LogP contribution in [0.2, 0.25) is 0 Å². The van der Waals surface area contributed by atoms with Crippen LogP contribution < -0.4 is 0 Å². The number of carbonyl (C=O) groups is 1. The summed E-state index contributed by atoms with van der Waals surface area (Å²) in [7, 11) is 1.72. The minimum absolute atomic E-state index is 0.00641. The van der Waals surface area contributed by atoms with Crippen molar-refractivity contribution in [2.45, 2.75) is 13.0 Å². The number of pyridine rings is 1. The monoisotopic (exact) mass is 290 g/mol. The van der Waals surface area contributed by atoms with E-state index in [0.717, 1.165) is 0 Å². The van der Waals surface area contributed by atoms with Gasteiger partial charge in [0.15, 0.2) is 0 Å². The van der Waals surface area contributed by atoms with E-state index >= 15 is 0 Å². The molecule has 0 aromatic carbocycles. The van der Waals surface area contributed by atoms with Gasteiger partial charge in [0.1, 0.15) is 5.69 Å². The largest absolute Gasteiger partial charge is 0.336 e. The van der Waals surface area contributed by atoms with Gasteiger partial charge < -0.3 is 4.90 Å². The molecule has 0 N–H and O–H groups in total. The molecule has 0 saturated carbocycles. The molecule has 0 aliphatic heterocycles. The summed E-state index contributed by atoms with van der Waals surface area (Å²) in [5, 5.41) is 0. The average molecular weight is 292 g/mol. The normalized spacial score (nSPS) is 12.3. The number of amides is 1. The highest BCUT2D eigenvalue weighted by Gasteiger charge is 2.19. The van der Waals surface area contributed by atoms with Crippen molar-refractivity contribution < 1.29 is 4.79 Å². The standard InChI is InChI=1S/C10H12BrClN2O/c1-7(6-12)14(2)10(15)9-8(11)4-3-5-13-9/h3-5,7H,6H2,1-2H3. The third kappa shape index (κ3) is 2.92. The maximum atomic E-state index is 11.9. The number of carbonyl (C=O) groups excluding carboxylic acids is 1. The lowest BCUT2D eigenvalue weighted by molar-refractivity contribution is 0.0750. The van der Waals surface area contributed by atoms with Gasteiger partial charge >= 0.3 is 0 Å². The number of hydrogen-bond acceptors (Lipinski definition) is 2. The number of aromatic nitrogens is 1. The molecule has 5 heteroatoms. The zero-order chi connectivity index (χ0) is 11.4. The van der Waals surface area contributed by atoms with Crippen molar-refractivity contribution in [3.05, 3.63) is 28.5 Å². The summed E-state index contributed by atoms with van der Waals surface area (Å²) >= 11 is 8.99. The molecule has 0 spiro atoms. The fourth-order valence-corrected chi connectivity index (χ4v) is 1.65. The first-order valence-corrected chi connectivity index (χ1v) is 5.84. The molecule has 1 unspecified atom stereocenters. The molecule has 1 aromatic heterocycles. The Bertz CT molecular complexity index is 359. The lowest BCUT2D eigenvalue weighted by atomic mass is 10.2. The predicted molar refractivity (Wildman–Crippen MR) is 64.2 cm³/mol. The Morgan fingerprint density at radius 2 is 2.40 bits per heavy atom. The number of nitrogens with zero attached hydrogens (tertiary/aromatic N) is 2. The summed E-state index contributed by atoms with van der Waals surface area (Å²) in [6.07, 6.45) is 1.59. The molecule has 1 aromatic rings. The van der Waals surface area contributed by atoms with Crippen LogP contribution in [0.25, 0.3) is 0 Å². The summed E-state index contributed by atoms with van der Waals surface area (Å²) < 4.78 is 0.698. The van der Waals surface area contributed by atoms with Crippen molar-refractivity contribution in [1.82, 2.24) is 9.88 Å². The van der Waals surface area contributed by atoms with Crippen LogP contribution >= 0.6 is 27.5 Å². The van der Waals surface area contributed by atoms with Crippen LogP contribution in [0.3, 0.4) is 0 Å². The number of halogens is 2. The van der Waals surface area contributed by atoms with E-state index in [1.807, 2.05) is 6.92 Å². The lowest BCUT2D eigenvalue weighted by Crippen LogP contribution is -2.36. The van der Waals surface area contributed by atoms with E-state index in [1.54, 1.807) is 30.3 Å². The van der Waals surface area contributed by atoms with E-state index in [0.29, 0.717) is 16.0 Å². The van der Waals surface area contributed by atoms with Crippen molar-refractivity contribution in [2.24, 2.45) is 0 Å². The Hall–Kier alpha value is -0.610. The first-order valence-electron chi connectivity index (χ1n) is 4.51. The summed E-state index contributed by atoms with van der Waals surface area (Å²) in [6.45, 7) is 1.89. The third-order valence-electron chi connectivity index (χ3n) is 2.17. The van der Waals surface area contributed by atoms with Gasteiger partial charge in [0.05, 0.1) is 0 Å². The summed E-state index contributed by atoms with van der Waals surface area (Å²) in [5.74, 6) is 0.280. The topological polar surface area (TPSA) is 33.2 Å². The van der Waals surface area contributed by atoms with Crippen LogP contribution in [0.1, 0.15) is 17.4 Å². The lowest BCUT2D eigenvalue weighted by Gasteiger charge is -2.22. The van der Waals surface area contributed by atoms with E-state index in [9.17, 15) is 4.79 Å². The van der Waals surface area contributed by atoms with Crippen molar-refractivity contribution in [1.29, 1.82) is 0 Å². The van der Waals surface area contributed by atoms with Gasteiger partial charge in [-0.25, -0.2) is 4.98 Å². The molecule has 1 atom stereocenters. The molecule has 3 nitrogen and oxygen atoms in total. The minimum Gasteiger partial charge on any atom is -0.336 e. The zero-order valence-electron chi connectivity index (χ0n) is 8.58. The zero-order valence-corrected chi connectivity index (χ0v) is 10.9. The van der Waals surface area contributed by atoms with Crippen LogP contribution in [0.5, 0.6) is 0 Å². The first kappa shape index (κ1) is 12.5. The van der Waals surface area contributed by atoms with E-state index in [-0.39, 0.29) is 11.9 Å². The van der Waals surface area contributed by atoms with Crippen molar-refractivity contribution in [2.75, 3.05) is 12.9 Å². The second-order valence-electron chi connectivity index (χ2n) is 3.25. The predicted octanol–water partition coefficient (Wildman–Crippen LogP) is 2.54. The molecule has 1 rings (SSSR count). The van der Waals surface area contributed by atoms with Gasteiger partial charge in [-0.3, -0.25) is 4.79 Å². The molecule has 0 aliphatic rings. The Morgan fingerprint density at radius 1 is 1.73 bits per heavy atom. The Kier molecular flexibility index (Phi) is 4.54. The van der Waals surface area contributed by atoms with E-state index < -0.39 is 0 Å². The average Bonchev–Trinajstić information content (AvgIpc) is 2.26. The highest BCUT2D eigenvalue weighted by atomic mass is 79.9. The second kappa shape index (κ2) is 5.47. The molecule has 1 amide bonds. The van der Waals surface area contributed by atoms with Gasteiger partial charge in [-0.15, -0.1) is 11.6 Å². The number of hydrogen-bond donors (Lipinski definition) is 0. The van der Waals surface area contributed by atoms with Crippen molar-refractivity contribution in [3.63, 3.8) is 0 Å². The maximum absolute atomic E-state index is 11.9. The van der Waals surface area contributed by atoms with E-state index in [4.69, 9.17) is 11.6 Å². The SMILES string of the molecule is CC(CCl)N(C)C(=O)c1ncccc1Br. The van der Waals surface area contributed by atoms with Gasteiger partial charge in [-0.1, -0.05) is 0 Å². The molecular weight excluding hydrogens is 279 g/mol. The fraction of sp³-hybridized carbons (Fsp3) is 0.400. The molecule has 0 bridgehead atoms. The van der Waals surface area contributed by atoms with Gasteiger partial charge in [0.2, 0.25) is 0 Å². The molecule has 0 saturated heterocycles. The Balaban J connectivity index is 2.90. The van der Waals surface area contributed by atoms with Crippen LogP contribution in [-0.4, -0.2) is 34.8 Å². The highest BCUT2D eigenvalue weighted by molar-refractivity contribution is 9.10. The van der Waals surface area contributed by atoms with E-state index in [1.165, 1.54) is 0 Å². The second-order valence-corrected chi connectivity index (χ2v) is 4.42. The molecule has 0 radical (unpaired) electrons. The third-order valence-corrected chi connectivity index (χ3v) is 3.25. The molecule has 1 heterocycles. The van der Waals surface area contributed by atoms with E-state index in [2.05, 4.69) is 20.9 Å². The molecule has 0 fully saturated rings. The van der Waals surface area contributed by atoms with Crippen LogP contribution in [0.4, 0.5) is 0 Å². The van der Waals surface area contributed by atoms with Gasteiger partial charge in [0.25, 0.3) is 5.91 Å². The van der Waals surface area contributed by atoms with Gasteiger partial charge in [-0.05, 0) is 35.0 Å². The fourth-order valence-electron chi connectivity index (χ4n) is 1.01. The Morgan fingerprint density at radius 3 is 2.93 bits per heavy atom. The number of rotatable bonds is 3. The van der Waals surface area contributed by atoms with Crippen LogP contribution in [0.15, 0.2) is 22.8 Å². The first-order chi connectivity index (χ1) is 7.07. The maximum Gasteiger partial charge on any atom is 0.273 e. The summed E-state index contributed by atoms with van der Waals surface area (Å²) in [6, 6.07) is 3.55. The molecule has 82 valence electrons.